The van der Waals surface area contributed by atoms with Gasteiger partial charge in [-0.05, 0) is 23.3 Å². The topological polar surface area (TPSA) is 89.9 Å². The summed E-state index contributed by atoms with van der Waals surface area (Å²) in [5, 5.41) is 10.5. The molecule has 0 saturated carbocycles. The Kier molecular flexibility index (Phi) is 12.1. The highest BCUT2D eigenvalue weighted by molar-refractivity contribution is 5.88. The first-order valence-corrected chi connectivity index (χ1v) is 12.6. The summed E-state index contributed by atoms with van der Waals surface area (Å²) < 4.78 is 27.0. The Morgan fingerprint density at radius 2 is 1.66 bits per heavy atom. The van der Waals surface area contributed by atoms with Gasteiger partial charge in [0.15, 0.2) is 18.3 Å². The smallest absolute Gasteiger partial charge is 0.246 e. The van der Waals surface area contributed by atoms with Crippen molar-refractivity contribution in [2.24, 2.45) is 0 Å². The number of carbonyl (C=O) groups excluding carboxylic acids is 1. The number of benzene rings is 2. The van der Waals surface area contributed by atoms with Crippen LogP contribution in [0.25, 0.3) is 6.08 Å². The van der Waals surface area contributed by atoms with E-state index in [0.717, 1.165) is 24.2 Å². The Hall–Kier alpha value is -3.37. The molecule has 2 aromatic rings. The van der Waals surface area contributed by atoms with Gasteiger partial charge in [-0.25, -0.2) is 0 Å². The molecule has 2 aromatic carbocycles. The van der Waals surface area contributed by atoms with E-state index in [4.69, 9.17) is 23.7 Å². The summed E-state index contributed by atoms with van der Waals surface area (Å²) >= 11 is 0. The summed E-state index contributed by atoms with van der Waals surface area (Å²) in [7, 11) is 4.72. The number of nitrogens with zero attached hydrogens (tertiary/aromatic N) is 2. The number of hydrogen-bond donors (Lipinski definition) is 1. The molecule has 1 unspecified atom stereocenters. The van der Waals surface area contributed by atoms with E-state index in [1.807, 2.05) is 53.4 Å². The fourth-order valence-corrected chi connectivity index (χ4v) is 4.03. The number of β-amino-alcohol motifs (C(OH)–C–C–N with tert-alkyl or cyclic N) is 1. The number of amides is 1. The van der Waals surface area contributed by atoms with E-state index < -0.39 is 6.10 Å². The number of methoxy groups -OCH3 is 3. The molecule has 1 heterocycles. The molecule has 1 N–H and O–H groups in total. The quantitative estimate of drug-likeness (QED) is 0.174. The van der Waals surface area contributed by atoms with Gasteiger partial charge < -0.3 is 33.7 Å². The number of carbonyl (C=O) groups is 1. The van der Waals surface area contributed by atoms with Crippen LogP contribution in [0.5, 0.6) is 17.2 Å². The second-order valence-electron chi connectivity index (χ2n) is 8.69. The molecule has 9 heteroatoms. The Morgan fingerprint density at radius 1 is 0.974 bits per heavy atom. The second-order valence-corrected chi connectivity index (χ2v) is 8.69. The fourth-order valence-electron chi connectivity index (χ4n) is 4.03. The van der Waals surface area contributed by atoms with E-state index in [1.54, 1.807) is 39.6 Å². The molecule has 1 atom stereocenters. The molecule has 1 aliphatic rings. The van der Waals surface area contributed by atoms with Gasteiger partial charge in [0.25, 0.3) is 0 Å². The van der Waals surface area contributed by atoms with Crippen LogP contribution in [0, 0.1) is 0 Å². The lowest BCUT2D eigenvalue weighted by atomic mass is 10.1. The molecule has 1 saturated heterocycles. The molecule has 0 aromatic heterocycles. The molecule has 0 aliphatic carbocycles. The van der Waals surface area contributed by atoms with Crippen LogP contribution in [-0.2, 0) is 14.3 Å². The average molecular weight is 527 g/mol. The molecule has 0 spiro atoms. The Morgan fingerprint density at radius 3 is 2.29 bits per heavy atom. The van der Waals surface area contributed by atoms with Crippen molar-refractivity contribution in [2.45, 2.75) is 6.10 Å². The molecule has 1 aliphatic heterocycles. The number of ether oxygens (including phenoxy) is 5. The van der Waals surface area contributed by atoms with Gasteiger partial charge in [-0.3, -0.25) is 9.69 Å². The lowest BCUT2D eigenvalue weighted by Crippen LogP contribution is -2.49. The lowest BCUT2D eigenvalue weighted by Gasteiger charge is -2.35. The van der Waals surface area contributed by atoms with E-state index in [-0.39, 0.29) is 12.7 Å². The SMILES string of the molecule is COCCOCOc1c(OC)cc(C=CC=CC(=O)N2CCN(CC(O)c3ccccc3)CC2)cc1OC. The zero-order chi connectivity index (χ0) is 27.2. The van der Waals surface area contributed by atoms with Crippen LogP contribution < -0.4 is 14.2 Å². The van der Waals surface area contributed by atoms with Gasteiger partial charge in [0.05, 0.1) is 33.5 Å². The summed E-state index contributed by atoms with van der Waals surface area (Å²) in [5.74, 6) is 1.43. The van der Waals surface area contributed by atoms with Gasteiger partial charge in [0.1, 0.15) is 0 Å². The predicted octanol–water partition coefficient (Wildman–Crippen LogP) is 3.15. The summed E-state index contributed by atoms with van der Waals surface area (Å²) in [6.45, 7) is 4.20. The predicted molar refractivity (Wildman–Crippen MR) is 145 cm³/mol. The van der Waals surface area contributed by atoms with Crippen LogP contribution in [0.4, 0.5) is 0 Å². The Balaban J connectivity index is 1.49. The minimum Gasteiger partial charge on any atom is -0.493 e. The molecular weight excluding hydrogens is 488 g/mol. The number of aliphatic hydroxyl groups is 1. The third-order valence-electron chi connectivity index (χ3n) is 6.14. The van der Waals surface area contributed by atoms with E-state index in [1.165, 1.54) is 0 Å². The minimum absolute atomic E-state index is 0.0368. The van der Waals surface area contributed by atoms with Gasteiger partial charge in [0, 0.05) is 45.9 Å². The van der Waals surface area contributed by atoms with Crippen LogP contribution in [-0.4, -0.2) is 94.9 Å². The summed E-state index contributed by atoms with van der Waals surface area (Å²) in [6.07, 6.45) is 6.41. The van der Waals surface area contributed by atoms with Crippen LogP contribution in [0.15, 0.2) is 60.7 Å². The fraction of sp³-hybridized carbons (Fsp3) is 0.414. The zero-order valence-corrected chi connectivity index (χ0v) is 22.4. The van der Waals surface area contributed by atoms with E-state index in [2.05, 4.69) is 4.90 Å². The van der Waals surface area contributed by atoms with Crippen molar-refractivity contribution in [1.82, 2.24) is 9.80 Å². The first kappa shape index (κ1) is 29.2. The first-order valence-electron chi connectivity index (χ1n) is 12.6. The molecule has 206 valence electrons. The van der Waals surface area contributed by atoms with Crippen molar-refractivity contribution in [2.75, 3.05) is 74.1 Å². The van der Waals surface area contributed by atoms with Crippen LogP contribution in [0.2, 0.25) is 0 Å². The summed E-state index contributed by atoms with van der Waals surface area (Å²) in [5.41, 5.74) is 1.74. The molecule has 1 amide bonds. The number of rotatable bonds is 14. The number of hydrogen-bond acceptors (Lipinski definition) is 8. The van der Waals surface area contributed by atoms with E-state index >= 15 is 0 Å². The van der Waals surface area contributed by atoms with Gasteiger partial charge in [-0.2, -0.15) is 0 Å². The largest absolute Gasteiger partial charge is 0.493 e. The van der Waals surface area contributed by atoms with Crippen LogP contribution in [0.3, 0.4) is 0 Å². The lowest BCUT2D eigenvalue weighted by molar-refractivity contribution is -0.127. The number of allylic oxidation sites excluding steroid dienone is 2. The third kappa shape index (κ3) is 8.88. The average Bonchev–Trinajstić information content (AvgIpc) is 2.96. The van der Waals surface area contributed by atoms with Crippen molar-refractivity contribution in [1.29, 1.82) is 0 Å². The maximum Gasteiger partial charge on any atom is 0.246 e. The maximum atomic E-state index is 12.6. The number of aliphatic hydroxyl groups excluding tert-OH is 1. The van der Waals surface area contributed by atoms with Crippen molar-refractivity contribution in [3.05, 3.63) is 71.8 Å². The highest BCUT2D eigenvalue weighted by Gasteiger charge is 2.21. The molecule has 1 fully saturated rings. The second kappa shape index (κ2) is 15.8. The highest BCUT2D eigenvalue weighted by Crippen LogP contribution is 2.39. The molecule has 0 bridgehead atoms. The van der Waals surface area contributed by atoms with Crippen molar-refractivity contribution >= 4 is 12.0 Å². The molecule has 9 nitrogen and oxygen atoms in total. The van der Waals surface area contributed by atoms with Crippen LogP contribution in [0.1, 0.15) is 17.2 Å². The first-order chi connectivity index (χ1) is 18.5. The van der Waals surface area contributed by atoms with Gasteiger partial charge in [0.2, 0.25) is 11.7 Å². The highest BCUT2D eigenvalue weighted by atomic mass is 16.7. The molecule has 0 radical (unpaired) electrons. The summed E-state index contributed by atoms with van der Waals surface area (Å²) in [4.78, 5) is 16.6. The van der Waals surface area contributed by atoms with Gasteiger partial charge in [-0.1, -0.05) is 48.6 Å². The monoisotopic (exact) mass is 526 g/mol. The van der Waals surface area contributed by atoms with E-state index in [9.17, 15) is 9.90 Å². The van der Waals surface area contributed by atoms with Gasteiger partial charge in [-0.15, -0.1) is 0 Å². The van der Waals surface area contributed by atoms with Gasteiger partial charge >= 0.3 is 0 Å². The zero-order valence-electron chi connectivity index (χ0n) is 22.4. The minimum atomic E-state index is -0.532. The van der Waals surface area contributed by atoms with Crippen LogP contribution >= 0.6 is 0 Å². The molecular formula is C29H38N2O7. The van der Waals surface area contributed by atoms with Crippen molar-refractivity contribution in [3.8, 4) is 17.2 Å². The van der Waals surface area contributed by atoms with E-state index in [0.29, 0.717) is 50.1 Å². The molecule has 3 rings (SSSR count). The normalized spacial score (nSPS) is 15.2. The maximum absolute atomic E-state index is 12.6. The third-order valence-corrected chi connectivity index (χ3v) is 6.14. The Labute approximate surface area is 224 Å². The molecule has 38 heavy (non-hydrogen) atoms. The Bertz CT molecular complexity index is 1030. The van der Waals surface area contributed by atoms with Crippen molar-refractivity contribution in [3.63, 3.8) is 0 Å². The number of piperazine rings is 1. The van der Waals surface area contributed by atoms with Crippen molar-refractivity contribution < 1.29 is 33.6 Å². The standard InChI is InChI=1S/C29H38N2O7/c1-34-17-18-37-22-38-29-26(35-2)19-23(20-27(29)36-3)9-7-8-12-28(33)31-15-13-30(14-16-31)21-25(32)24-10-5-4-6-11-24/h4-12,19-20,25,32H,13-18,21-22H2,1-3H3. The summed E-state index contributed by atoms with van der Waals surface area (Å²) in [6, 6.07) is 13.3.